The van der Waals surface area contributed by atoms with Crippen molar-refractivity contribution in [1.29, 1.82) is 5.41 Å². The monoisotopic (exact) mass is 728 g/mol. The number of benzene rings is 1. The molecule has 5 rings (SSSR count). The number of cyclic esters (lactones) is 1. The van der Waals surface area contributed by atoms with Crippen molar-refractivity contribution in [3.05, 3.63) is 40.4 Å². The molecule has 19 heteroatoms. The highest BCUT2D eigenvalue weighted by molar-refractivity contribution is 7.13. The van der Waals surface area contributed by atoms with E-state index in [0.717, 1.165) is 28.9 Å². The highest BCUT2D eigenvalue weighted by Gasteiger charge is 2.43. The van der Waals surface area contributed by atoms with Crippen LogP contribution in [0.1, 0.15) is 44.0 Å². The molecule has 2 aromatic rings. The van der Waals surface area contributed by atoms with Crippen molar-refractivity contribution in [2.45, 2.75) is 57.8 Å². The number of hydrogen-bond donors (Lipinski definition) is 6. The van der Waals surface area contributed by atoms with Crippen LogP contribution in [0.25, 0.3) is 0 Å². The number of amides is 4. The third-order valence-corrected chi connectivity index (χ3v) is 8.63. The number of thiazole rings is 1. The second kappa shape index (κ2) is 16.6. The molecule has 51 heavy (non-hydrogen) atoms. The Morgan fingerprint density at radius 3 is 2.69 bits per heavy atom. The number of anilines is 1. The van der Waals surface area contributed by atoms with Crippen LogP contribution in [-0.4, -0.2) is 121 Å². The summed E-state index contributed by atoms with van der Waals surface area (Å²) in [4.78, 5) is 62.1. The van der Waals surface area contributed by atoms with E-state index < -0.39 is 35.8 Å². The van der Waals surface area contributed by atoms with E-state index in [1.165, 1.54) is 4.90 Å². The first kappa shape index (κ1) is 36.9. The van der Waals surface area contributed by atoms with Gasteiger partial charge >= 0.3 is 12.2 Å². The van der Waals surface area contributed by atoms with E-state index >= 15 is 0 Å². The highest BCUT2D eigenvalue weighted by Crippen LogP contribution is 2.24. The van der Waals surface area contributed by atoms with Gasteiger partial charge in [-0.2, -0.15) is 0 Å². The zero-order chi connectivity index (χ0) is 36.5. The zero-order valence-corrected chi connectivity index (χ0v) is 29.6. The lowest BCUT2D eigenvalue weighted by Gasteiger charge is -2.38. The van der Waals surface area contributed by atoms with Gasteiger partial charge in [-0.05, 0) is 56.9 Å². The largest absolute Gasteiger partial charge is 0.490 e. The maximum absolute atomic E-state index is 13.2. The molecule has 4 amide bonds. The molecule has 3 aliphatic rings. The summed E-state index contributed by atoms with van der Waals surface area (Å²) in [5.74, 6) is -0.0951. The molecule has 2 atom stereocenters. The van der Waals surface area contributed by atoms with Gasteiger partial charge in [0.05, 0.1) is 12.6 Å². The molecule has 18 nitrogen and oxygen atoms in total. The standard InChI is InChI=1S/C32H44N10O8S/c1-32(2,3)50-30(45)36-9-4-8-35-28(33)41-10-7-19-15-21(6-5-20(19)16-41)47-13-14-49-40-25(23-18-51-29(34)38-23)27(44)39-24-22(37-26(24)43)17-42-11-12-48-31(42)46/h5-6,15,18,22,24H,4,7-14,16-17H2,1-3H3,(H2,33,35)(H2,34,38)(H,36,45)(H,37,43)(H,39,44)/b40-25-/t22-,24+/m1/s1. The Hall–Kier alpha value is -5.33. The van der Waals surface area contributed by atoms with Crippen LogP contribution in [0.5, 0.6) is 5.75 Å². The van der Waals surface area contributed by atoms with E-state index in [4.69, 9.17) is 30.2 Å². The lowest BCUT2D eigenvalue weighted by molar-refractivity contribution is -0.135. The average Bonchev–Trinajstić information content (AvgIpc) is 3.70. The number of fused-ring (bicyclic) bond motifs is 1. The summed E-state index contributed by atoms with van der Waals surface area (Å²) in [6, 6.07) is 4.42. The van der Waals surface area contributed by atoms with Crippen LogP contribution in [0.3, 0.4) is 0 Å². The van der Waals surface area contributed by atoms with E-state index in [0.29, 0.717) is 50.9 Å². The van der Waals surface area contributed by atoms with Gasteiger partial charge in [0.15, 0.2) is 23.4 Å². The van der Waals surface area contributed by atoms with Crippen LogP contribution < -0.4 is 31.7 Å². The Morgan fingerprint density at radius 2 is 1.98 bits per heavy atom. The molecule has 7 N–H and O–H groups in total. The summed E-state index contributed by atoms with van der Waals surface area (Å²) < 4.78 is 16.0. The molecule has 1 aromatic carbocycles. The molecule has 2 saturated heterocycles. The van der Waals surface area contributed by atoms with Gasteiger partial charge in [0.2, 0.25) is 5.91 Å². The Labute approximate surface area is 298 Å². The van der Waals surface area contributed by atoms with Gasteiger partial charge in [-0.15, -0.1) is 11.3 Å². The third kappa shape index (κ3) is 10.3. The SMILES string of the molecule is CC(C)(C)OC(=O)NCCCNC(=N)N1CCc2cc(OCCO/N=C(\C(=O)N[C@@H]3C(=O)N[C@@H]3CN3CCOC3=O)c3csc(N)n3)ccc2C1. The third-order valence-electron chi connectivity index (χ3n) is 7.96. The number of guanidine groups is 1. The van der Waals surface area contributed by atoms with Gasteiger partial charge < -0.3 is 55.8 Å². The van der Waals surface area contributed by atoms with Crippen molar-refractivity contribution in [3.63, 3.8) is 0 Å². The fourth-order valence-electron chi connectivity index (χ4n) is 5.43. The second-order valence-electron chi connectivity index (χ2n) is 13.0. The molecule has 0 aliphatic carbocycles. The normalized spacial score (nSPS) is 18.5. The summed E-state index contributed by atoms with van der Waals surface area (Å²) in [6.07, 6.45) is 0.454. The summed E-state index contributed by atoms with van der Waals surface area (Å²) >= 11 is 1.13. The van der Waals surface area contributed by atoms with Crippen LogP contribution in [0.15, 0.2) is 28.7 Å². The first-order valence-electron chi connectivity index (χ1n) is 16.6. The lowest BCUT2D eigenvalue weighted by Crippen LogP contribution is -2.72. The molecular formula is C32H44N10O8S. The molecule has 0 radical (unpaired) electrons. The number of carbonyl (C=O) groups is 4. The maximum Gasteiger partial charge on any atom is 0.410 e. The number of aromatic nitrogens is 1. The molecule has 4 heterocycles. The minimum atomic E-state index is -0.881. The van der Waals surface area contributed by atoms with Crippen LogP contribution in [0, 0.1) is 5.41 Å². The predicted octanol–water partition coefficient (Wildman–Crippen LogP) is 0.758. The van der Waals surface area contributed by atoms with E-state index in [2.05, 4.69) is 31.4 Å². The highest BCUT2D eigenvalue weighted by atomic mass is 32.1. The topological polar surface area (TPSA) is 235 Å². The average molecular weight is 729 g/mol. The molecule has 0 saturated carbocycles. The molecule has 2 fully saturated rings. The summed E-state index contributed by atoms with van der Waals surface area (Å²) in [7, 11) is 0. The fraction of sp³-hybridized carbons (Fsp3) is 0.531. The molecular weight excluding hydrogens is 684 g/mol. The Kier molecular flexibility index (Phi) is 12.0. The van der Waals surface area contributed by atoms with Gasteiger partial charge in [-0.1, -0.05) is 11.2 Å². The minimum absolute atomic E-state index is 0.0149. The van der Waals surface area contributed by atoms with Crippen molar-refractivity contribution < 1.29 is 38.2 Å². The molecule has 276 valence electrons. The van der Waals surface area contributed by atoms with Crippen molar-refractivity contribution in [3.8, 4) is 5.75 Å². The van der Waals surface area contributed by atoms with Crippen LogP contribution in [-0.2, 0) is 36.9 Å². The van der Waals surface area contributed by atoms with Gasteiger partial charge in [0.1, 0.15) is 36.3 Å². The predicted molar refractivity (Wildman–Crippen MR) is 186 cm³/mol. The zero-order valence-electron chi connectivity index (χ0n) is 28.8. The van der Waals surface area contributed by atoms with Crippen molar-refractivity contribution >= 4 is 52.1 Å². The van der Waals surface area contributed by atoms with E-state index in [9.17, 15) is 19.2 Å². The number of nitrogens with one attached hydrogen (secondary N) is 5. The number of alkyl carbamates (subject to hydrolysis) is 1. The Morgan fingerprint density at radius 1 is 1.18 bits per heavy atom. The van der Waals surface area contributed by atoms with Gasteiger partial charge in [-0.3, -0.25) is 15.0 Å². The summed E-state index contributed by atoms with van der Waals surface area (Å²) in [5, 5.41) is 25.4. The number of β-lactam (4-membered cyclic amide) rings is 1. The van der Waals surface area contributed by atoms with E-state index in [1.807, 2.05) is 43.9 Å². The molecule has 0 unspecified atom stereocenters. The minimum Gasteiger partial charge on any atom is -0.490 e. The molecule has 1 aromatic heterocycles. The number of rotatable bonds is 14. The van der Waals surface area contributed by atoms with Gasteiger partial charge in [-0.25, -0.2) is 14.6 Å². The Bertz CT molecular complexity index is 1640. The first-order valence-corrected chi connectivity index (χ1v) is 17.5. The Balaban J connectivity index is 1.05. The van der Waals surface area contributed by atoms with Gasteiger partial charge in [0.25, 0.3) is 5.91 Å². The summed E-state index contributed by atoms with van der Waals surface area (Å²) in [5.41, 5.74) is 7.49. The maximum atomic E-state index is 13.2. The number of nitrogens with two attached hydrogens (primary N) is 1. The number of nitrogen functional groups attached to an aromatic ring is 1. The number of carbonyl (C=O) groups excluding carboxylic acids is 4. The number of hydrogen-bond acceptors (Lipinski definition) is 13. The molecule has 3 aliphatic heterocycles. The lowest BCUT2D eigenvalue weighted by atomic mass is 9.98. The van der Waals surface area contributed by atoms with Crippen LogP contribution in [0.4, 0.5) is 14.7 Å². The fourth-order valence-corrected chi connectivity index (χ4v) is 5.98. The first-order chi connectivity index (χ1) is 24.4. The van der Waals surface area contributed by atoms with Crippen molar-refractivity contribution in [2.24, 2.45) is 5.16 Å². The van der Waals surface area contributed by atoms with Crippen molar-refractivity contribution in [1.82, 2.24) is 36.1 Å². The quantitative estimate of drug-likeness (QED) is 0.0520. The number of ether oxygens (including phenoxy) is 3. The van der Waals surface area contributed by atoms with E-state index in [1.54, 1.807) is 5.38 Å². The van der Waals surface area contributed by atoms with Crippen LogP contribution in [0.2, 0.25) is 0 Å². The molecule has 0 spiro atoms. The molecule has 0 bridgehead atoms. The second-order valence-corrected chi connectivity index (χ2v) is 13.9. The van der Waals surface area contributed by atoms with Gasteiger partial charge in [0, 0.05) is 38.1 Å². The van der Waals surface area contributed by atoms with Crippen LogP contribution >= 0.6 is 11.3 Å². The number of nitrogens with zero attached hydrogens (tertiary/aromatic N) is 4. The van der Waals surface area contributed by atoms with Crippen molar-refractivity contribution in [2.75, 3.05) is 58.3 Å². The smallest absolute Gasteiger partial charge is 0.410 e. The number of oxime groups is 1. The summed E-state index contributed by atoms with van der Waals surface area (Å²) in [6.45, 7) is 8.68. The van der Waals surface area contributed by atoms with E-state index in [-0.39, 0.29) is 48.8 Å².